The van der Waals surface area contributed by atoms with Gasteiger partial charge in [0.05, 0.1) is 5.39 Å². The molecule has 0 atom stereocenters. The summed E-state index contributed by atoms with van der Waals surface area (Å²) in [5, 5.41) is 9.50. The minimum atomic E-state index is -1.07. The highest BCUT2D eigenvalue weighted by atomic mass is 32.1. The van der Waals surface area contributed by atoms with E-state index in [1.54, 1.807) is 18.7 Å². The van der Waals surface area contributed by atoms with Crippen molar-refractivity contribution in [2.45, 2.75) is 33.2 Å². The van der Waals surface area contributed by atoms with Gasteiger partial charge in [0, 0.05) is 13.1 Å². The molecule has 1 saturated heterocycles. The Morgan fingerprint density at radius 3 is 2.52 bits per heavy atom. The van der Waals surface area contributed by atoms with E-state index in [9.17, 15) is 19.5 Å². The molecule has 0 bridgehead atoms. The predicted molar refractivity (Wildman–Crippen MR) is 86.1 cm³/mol. The third-order valence-electron chi connectivity index (χ3n) is 4.19. The number of carbonyl (C=O) groups is 2. The third kappa shape index (κ3) is 2.63. The number of likely N-dealkylation sites (tertiary alicyclic amines) is 1. The zero-order valence-electron chi connectivity index (χ0n) is 13.0. The molecule has 122 valence electrons. The van der Waals surface area contributed by atoms with Crippen LogP contribution in [0.5, 0.6) is 0 Å². The molecule has 8 heteroatoms. The number of rotatable bonds is 3. The molecule has 0 spiro atoms. The van der Waals surface area contributed by atoms with Crippen molar-refractivity contribution >= 4 is 33.4 Å². The van der Waals surface area contributed by atoms with E-state index in [4.69, 9.17) is 0 Å². The van der Waals surface area contributed by atoms with Crippen LogP contribution in [0.25, 0.3) is 10.2 Å². The normalized spacial score (nSPS) is 14.6. The van der Waals surface area contributed by atoms with Crippen molar-refractivity contribution in [1.82, 2.24) is 14.5 Å². The van der Waals surface area contributed by atoms with E-state index in [2.05, 4.69) is 4.98 Å². The van der Waals surface area contributed by atoms with Crippen molar-refractivity contribution in [3.8, 4) is 0 Å². The van der Waals surface area contributed by atoms with Crippen LogP contribution < -0.4 is 5.56 Å². The summed E-state index contributed by atoms with van der Waals surface area (Å²) in [6.07, 6.45) is 1.98. The number of amides is 1. The molecule has 1 N–H and O–H groups in total. The second kappa shape index (κ2) is 5.77. The molecule has 2 aromatic heterocycles. The smallest absolute Gasteiger partial charge is 0.346 e. The fourth-order valence-electron chi connectivity index (χ4n) is 2.91. The maximum atomic E-state index is 12.7. The number of nitrogens with zero attached hydrogens (tertiary/aromatic N) is 3. The van der Waals surface area contributed by atoms with E-state index in [0.29, 0.717) is 21.6 Å². The van der Waals surface area contributed by atoms with E-state index < -0.39 is 5.97 Å². The van der Waals surface area contributed by atoms with Crippen LogP contribution in [-0.4, -0.2) is 44.5 Å². The van der Waals surface area contributed by atoms with Crippen molar-refractivity contribution in [2.24, 2.45) is 0 Å². The highest BCUT2D eigenvalue weighted by Gasteiger charge is 2.23. The monoisotopic (exact) mass is 335 g/mol. The van der Waals surface area contributed by atoms with E-state index in [1.165, 1.54) is 4.57 Å². The quantitative estimate of drug-likeness (QED) is 0.915. The van der Waals surface area contributed by atoms with E-state index >= 15 is 0 Å². The van der Waals surface area contributed by atoms with Crippen LogP contribution in [-0.2, 0) is 11.3 Å². The summed E-state index contributed by atoms with van der Waals surface area (Å²) in [6, 6.07) is 0. The molecule has 7 nitrogen and oxygen atoms in total. The largest absolute Gasteiger partial charge is 0.477 e. The predicted octanol–water partition coefficient (Wildman–Crippen LogP) is 1.40. The van der Waals surface area contributed by atoms with Gasteiger partial charge < -0.3 is 10.0 Å². The van der Waals surface area contributed by atoms with E-state index in [-0.39, 0.29) is 22.9 Å². The average Bonchev–Trinajstić information content (AvgIpc) is 3.11. The lowest BCUT2D eigenvalue weighted by Gasteiger charge is -2.17. The molecule has 23 heavy (non-hydrogen) atoms. The molecular weight excluding hydrogens is 318 g/mol. The molecule has 0 radical (unpaired) electrons. The molecule has 0 saturated carbocycles. The summed E-state index contributed by atoms with van der Waals surface area (Å²) in [4.78, 5) is 42.9. The molecule has 2 aromatic rings. The Labute approximate surface area is 136 Å². The number of carboxylic acid groups (broad SMARTS) is 1. The minimum Gasteiger partial charge on any atom is -0.477 e. The van der Waals surface area contributed by atoms with Crippen LogP contribution >= 0.6 is 11.3 Å². The summed E-state index contributed by atoms with van der Waals surface area (Å²) >= 11 is 0.994. The molecule has 1 aliphatic heterocycles. The van der Waals surface area contributed by atoms with Gasteiger partial charge in [-0.3, -0.25) is 14.2 Å². The highest BCUT2D eigenvalue weighted by molar-refractivity contribution is 7.20. The Hall–Kier alpha value is -2.22. The maximum Gasteiger partial charge on any atom is 0.346 e. The Bertz CT molecular complexity index is 862. The molecule has 1 amide bonds. The average molecular weight is 335 g/mol. The summed E-state index contributed by atoms with van der Waals surface area (Å²) in [5.74, 6) is -0.740. The Kier molecular flexibility index (Phi) is 3.93. The fraction of sp³-hybridized carbons (Fsp3) is 0.467. The lowest BCUT2D eigenvalue weighted by molar-refractivity contribution is -0.130. The number of carbonyl (C=O) groups excluding carboxylic acids is 1. The van der Waals surface area contributed by atoms with Crippen molar-refractivity contribution in [1.29, 1.82) is 0 Å². The molecule has 0 unspecified atom stereocenters. The van der Waals surface area contributed by atoms with E-state index in [1.807, 2.05) is 0 Å². The Morgan fingerprint density at radius 1 is 1.26 bits per heavy atom. The molecular formula is C15H17N3O4S. The van der Waals surface area contributed by atoms with Gasteiger partial charge in [0.1, 0.15) is 22.1 Å². The van der Waals surface area contributed by atoms with Crippen molar-refractivity contribution in [3.05, 3.63) is 26.6 Å². The molecule has 3 rings (SSSR count). The zero-order valence-corrected chi connectivity index (χ0v) is 13.8. The zero-order chi connectivity index (χ0) is 16.7. The van der Waals surface area contributed by atoms with Crippen LogP contribution in [0.1, 0.15) is 33.9 Å². The second-order valence-corrected chi connectivity index (χ2v) is 6.68. The summed E-state index contributed by atoms with van der Waals surface area (Å²) < 4.78 is 1.34. The summed E-state index contributed by atoms with van der Waals surface area (Å²) in [7, 11) is 0. The number of aromatic carboxylic acids is 1. The van der Waals surface area contributed by atoms with Gasteiger partial charge in [0.15, 0.2) is 0 Å². The first-order valence-corrected chi connectivity index (χ1v) is 8.23. The first kappa shape index (κ1) is 15.7. The van der Waals surface area contributed by atoms with Gasteiger partial charge in [-0.05, 0) is 32.3 Å². The van der Waals surface area contributed by atoms with Crippen LogP contribution in [0.15, 0.2) is 4.79 Å². The van der Waals surface area contributed by atoms with Gasteiger partial charge in [-0.2, -0.15) is 0 Å². The van der Waals surface area contributed by atoms with Gasteiger partial charge in [-0.1, -0.05) is 0 Å². The third-order valence-corrected chi connectivity index (χ3v) is 5.36. The topological polar surface area (TPSA) is 92.5 Å². The van der Waals surface area contributed by atoms with Crippen LogP contribution in [0.2, 0.25) is 0 Å². The second-order valence-electron chi connectivity index (χ2n) is 5.68. The van der Waals surface area contributed by atoms with Crippen LogP contribution in [0.3, 0.4) is 0 Å². The Balaban J connectivity index is 2.07. The number of fused-ring (bicyclic) bond motifs is 1. The summed E-state index contributed by atoms with van der Waals surface area (Å²) in [6.45, 7) is 4.66. The lowest BCUT2D eigenvalue weighted by atomic mass is 10.2. The molecule has 1 aliphatic rings. The number of carboxylic acids is 1. The molecule has 3 heterocycles. The Morgan fingerprint density at radius 2 is 1.91 bits per heavy atom. The standard InChI is InChI=1S/C15H17N3O4S/c1-8-11-13(23-12(8)15(21)22)16-9(2)18(14(11)20)7-10(19)17-5-3-4-6-17/h3-7H2,1-2H3,(H,21,22). The molecule has 1 fully saturated rings. The number of hydrogen-bond acceptors (Lipinski definition) is 5. The highest BCUT2D eigenvalue weighted by Crippen LogP contribution is 2.27. The lowest BCUT2D eigenvalue weighted by Crippen LogP contribution is -2.35. The number of hydrogen-bond donors (Lipinski definition) is 1. The fourth-order valence-corrected chi connectivity index (χ4v) is 3.97. The van der Waals surface area contributed by atoms with E-state index in [0.717, 1.165) is 37.3 Å². The van der Waals surface area contributed by atoms with Gasteiger partial charge in [0.2, 0.25) is 5.91 Å². The summed E-state index contributed by atoms with van der Waals surface area (Å²) in [5.41, 5.74) is 0.0682. The first-order valence-electron chi connectivity index (χ1n) is 7.41. The van der Waals surface area contributed by atoms with Crippen molar-refractivity contribution in [2.75, 3.05) is 13.1 Å². The van der Waals surface area contributed by atoms with Crippen molar-refractivity contribution < 1.29 is 14.7 Å². The van der Waals surface area contributed by atoms with Gasteiger partial charge in [-0.15, -0.1) is 11.3 Å². The number of thiophene rings is 1. The molecule has 0 aromatic carbocycles. The maximum absolute atomic E-state index is 12.7. The first-order chi connectivity index (χ1) is 10.9. The van der Waals surface area contributed by atoms with Gasteiger partial charge >= 0.3 is 5.97 Å². The van der Waals surface area contributed by atoms with Crippen molar-refractivity contribution in [3.63, 3.8) is 0 Å². The number of aryl methyl sites for hydroxylation is 2. The molecule has 0 aliphatic carbocycles. The van der Waals surface area contributed by atoms with Crippen LogP contribution in [0, 0.1) is 13.8 Å². The van der Waals surface area contributed by atoms with Gasteiger partial charge in [0.25, 0.3) is 5.56 Å². The SMILES string of the molecule is Cc1c(C(=O)O)sc2nc(C)n(CC(=O)N3CCCC3)c(=O)c12. The van der Waals surface area contributed by atoms with Crippen LogP contribution in [0.4, 0.5) is 0 Å². The van der Waals surface area contributed by atoms with Gasteiger partial charge in [-0.25, -0.2) is 9.78 Å². The minimum absolute atomic E-state index is 0.0503. The number of aromatic nitrogens is 2.